The first-order chi connectivity index (χ1) is 6.70. The minimum atomic E-state index is 0.413. The molecular formula is C11H20N2S. The zero-order valence-electron chi connectivity index (χ0n) is 9.18. The fourth-order valence-corrected chi connectivity index (χ4v) is 3.66. The number of rotatable bonds is 1. The van der Waals surface area contributed by atoms with Gasteiger partial charge in [-0.2, -0.15) is 0 Å². The monoisotopic (exact) mass is 212 g/mol. The second kappa shape index (κ2) is 4.13. The highest BCUT2D eigenvalue weighted by molar-refractivity contribution is 8.14. The van der Waals surface area contributed by atoms with Crippen LogP contribution in [0.4, 0.5) is 0 Å². The molecule has 1 aliphatic heterocycles. The quantitative estimate of drug-likeness (QED) is 0.723. The highest BCUT2D eigenvalue weighted by Crippen LogP contribution is 2.36. The molecule has 14 heavy (non-hydrogen) atoms. The predicted octanol–water partition coefficient (Wildman–Crippen LogP) is 2.79. The van der Waals surface area contributed by atoms with E-state index in [1.807, 2.05) is 11.8 Å². The van der Waals surface area contributed by atoms with E-state index in [9.17, 15) is 0 Å². The lowest BCUT2D eigenvalue weighted by Gasteiger charge is -2.32. The van der Waals surface area contributed by atoms with Crippen molar-refractivity contribution in [2.75, 3.05) is 5.75 Å². The van der Waals surface area contributed by atoms with Gasteiger partial charge in [-0.05, 0) is 26.7 Å². The Balaban J connectivity index is 1.99. The summed E-state index contributed by atoms with van der Waals surface area (Å²) in [6, 6.07) is 0.420. The maximum atomic E-state index is 4.59. The molecule has 2 fully saturated rings. The summed E-state index contributed by atoms with van der Waals surface area (Å²) in [7, 11) is 0. The number of amidine groups is 1. The third-order valence-corrected chi connectivity index (χ3v) is 4.22. The van der Waals surface area contributed by atoms with E-state index in [1.165, 1.54) is 43.0 Å². The summed E-state index contributed by atoms with van der Waals surface area (Å²) in [5.41, 5.74) is 0.413. The molecule has 1 aliphatic carbocycles. The molecular weight excluding hydrogens is 192 g/mol. The SMILES string of the molecule is CC(C)N=C1NC2(CCCCC2)CS1. The van der Waals surface area contributed by atoms with Gasteiger partial charge in [0.05, 0.1) is 0 Å². The van der Waals surface area contributed by atoms with Crippen LogP contribution in [0.25, 0.3) is 0 Å². The van der Waals surface area contributed by atoms with Crippen LogP contribution in [-0.4, -0.2) is 22.5 Å². The molecule has 0 amide bonds. The highest BCUT2D eigenvalue weighted by Gasteiger charge is 2.37. The molecule has 80 valence electrons. The average molecular weight is 212 g/mol. The van der Waals surface area contributed by atoms with Gasteiger partial charge in [0, 0.05) is 17.3 Å². The summed E-state index contributed by atoms with van der Waals surface area (Å²) in [5.74, 6) is 1.23. The van der Waals surface area contributed by atoms with Gasteiger partial charge in [0.15, 0.2) is 5.17 Å². The third-order valence-electron chi connectivity index (χ3n) is 3.04. The minimum absolute atomic E-state index is 0.413. The first kappa shape index (κ1) is 10.3. The molecule has 3 heteroatoms. The van der Waals surface area contributed by atoms with Crippen LogP contribution in [0.2, 0.25) is 0 Å². The van der Waals surface area contributed by atoms with Crippen molar-refractivity contribution in [3.05, 3.63) is 0 Å². The second-order valence-electron chi connectivity index (χ2n) is 4.78. The van der Waals surface area contributed by atoms with Crippen molar-refractivity contribution in [3.8, 4) is 0 Å². The maximum Gasteiger partial charge on any atom is 0.157 e. The van der Waals surface area contributed by atoms with Gasteiger partial charge in [0.1, 0.15) is 0 Å². The Labute approximate surface area is 90.9 Å². The Morgan fingerprint density at radius 1 is 1.29 bits per heavy atom. The first-order valence-electron chi connectivity index (χ1n) is 5.69. The molecule has 0 atom stereocenters. The molecule has 1 saturated heterocycles. The molecule has 1 N–H and O–H groups in total. The lowest BCUT2D eigenvalue weighted by Crippen LogP contribution is -2.45. The summed E-state index contributed by atoms with van der Waals surface area (Å²) in [5, 5.41) is 4.83. The van der Waals surface area contributed by atoms with Crippen LogP contribution in [0, 0.1) is 0 Å². The van der Waals surface area contributed by atoms with Crippen molar-refractivity contribution in [1.29, 1.82) is 0 Å². The number of hydrogen-bond acceptors (Lipinski definition) is 2. The Morgan fingerprint density at radius 3 is 2.64 bits per heavy atom. The van der Waals surface area contributed by atoms with E-state index in [2.05, 4.69) is 24.2 Å². The van der Waals surface area contributed by atoms with Gasteiger partial charge in [-0.3, -0.25) is 4.99 Å². The molecule has 0 aromatic heterocycles. The van der Waals surface area contributed by atoms with Gasteiger partial charge in [-0.15, -0.1) is 0 Å². The Kier molecular flexibility index (Phi) is 3.05. The number of aliphatic imine (C=N–C) groups is 1. The van der Waals surface area contributed by atoms with Crippen molar-refractivity contribution in [1.82, 2.24) is 5.32 Å². The van der Waals surface area contributed by atoms with E-state index in [0.717, 1.165) is 0 Å². The fraction of sp³-hybridized carbons (Fsp3) is 0.909. The molecule has 1 heterocycles. The van der Waals surface area contributed by atoms with E-state index in [-0.39, 0.29) is 0 Å². The van der Waals surface area contributed by atoms with Crippen LogP contribution in [0.5, 0.6) is 0 Å². The third kappa shape index (κ3) is 2.25. The van der Waals surface area contributed by atoms with Gasteiger partial charge in [0.2, 0.25) is 0 Å². The summed E-state index contributed by atoms with van der Waals surface area (Å²) in [6.45, 7) is 4.28. The summed E-state index contributed by atoms with van der Waals surface area (Å²) in [6.07, 6.45) is 6.89. The maximum absolute atomic E-state index is 4.59. The van der Waals surface area contributed by atoms with Crippen LogP contribution in [-0.2, 0) is 0 Å². The summed E-state index contributed by atoms with van der Waals surface area (Å²) in [4.78, 5) is 4.59. The summed E-state index contributed by atoms with van der Waals surface area (Å²) < 4.78 is 0. The van der Waals surface area contributed by atoms with Gasteiger partial charge in [-0.25, -0.2) is 0 Å². The molecule has 0 radical (unpaired) electrons. The van der Waals surface area contributed by atoms with Crippen LogP contribution in [0.3, 0.4) is 0 Å². The van der Waals surface area contributed by atoms with E-state index >= 15 is 0 Å². The number of nitrogens with one attached hydrogen (secondary N) is 1. The average Bonchev–Trinajstić information content (AvgIpc) is 2.49. The second-order valence-corrected chi connectivity index (χ2v) is 5.75. The summed E-state index contributed by atoms with van der Waals surface area (Å²) >= 11 is 1.91. The van der Waals surface area contributed by atoms with Gasteiger partial charge in [0.25, 0.3) is 0 Å². The molecule has 0 aromatic rings. The van der Waals surface area contributed by atoms with E-state index < -0.39 is 0 Å². The molecule has 2 aliphatic rings. The number of hydrogen-bond donors (Lipinski definition) is 1. The largest absolute Gasteiger partial charge is 0.359 e. The standard InChI is InChI=1S/C11H20N2S/c1-9(2)12-10-13-11(8-14-10)6-4-3-5-7-11/h9H,3-8H2,1-2H3,(H,12,13). The smallest absolute Gasteiger partial charge is 0.157 e. The fourth-order valence-electron chi connectivity index (χ4n) is 2.31. The van der Waals surface area contributed by atoms with E-state index in [1.54, 1.807) is 0 Å². The van der Waals surface area contributed by atoms with Crippen molar-refractivity contribution in [2.45, 2.75) is 57.5 Å². The molecule has 0 aromatic carbocycles. The lowest BCUT2D eigenvalue weighted by atomic mass is 9.83. The zero-order valence-corrected chi connectivity index (χ0v) is 9.99. The lowest BCUT2D eigenvalue weighted by molar-refractivity contribution is 0.303. The normalized spacial score (nSPS) is 28.6. The molecule has 1 saturated carbocycles. The molecule has 2 nitrogen and oxygen atoms in total. The minimum Gasteiger partial charge on any atom is -0.359 e. The van der Waals surface area contributed by atoms with Crippen LogP contribution < -0.4 is 5.32 Å². The van der Waals surface area contributed by atoms with Crippen molar-refractivity contribution < 1.29 is 0 Å². The molecule has 2 rings (SSSR count). The highest BCUT2D eigenvalue weighted by atomic mass is 32.2. The molecule has 1 spiro atoms. The Hall–Kier alpha value is -0.180. The van der Waals surface area contributed by atoms with E-state index in [0.29, 0.717) is 11.6 Å². The Morgan fingerprint density at radius 2 is 2.00 bits per heavy atom. The van der Waals surface area contributed by atoms with E-state index in [4.69, 9.17) is 0 Å². The number of thioether (sulfide) groups is 1. The van der Waals surface area contributed by atoms with Gasteiger partial charge >= 0.3 is 0 Å². The van der Waals surface area contributed by atoms with Crippen molar-refractivity contribution in [3.63, 3.8) is 0 Å². The van der Waals surface area contributed by atoms with Crippen molar-refractivity contribution >= 4 is 16.9 Å². The molecule has 0 unspecified atom stereocenters. The molecule has 0 bridgehead atoms. The first-order valence-corrected chi connectivity index (χ1v) is 6.68. The number of nitrogens with zero attached hydrogens (tertiary/aromatic N) is 1. The van der Waals surface area contributed by atoms with Gasteiger partial charge < -0.3 is 5.32 Å². The van der Waals surface area contributed by atoms with Crippen molar-refractivity contribution in [2.24, 2.45) is 4.99 Å². The van der Waals surface area contributed by atoms with Crippen LogP contribution in [0.1, 0.15) is 46.0 Å². The predicted molar refractivity (Wildman–Crippen MR) is 64.0 cm³/mol. The topological polar surface area (TPSA) is 24.4 Å². The van der Waals surface area contributed by atoms with Crippen LogP contribution in [0.15, 0.2) is 4.99 Å². The Bertz CT molecular complexity index is 229. The van der Waals surface area contributed by atoms with Crippen LogP contribution >= 0.6 is 11.8 Å². The van der Waals surface area contributed by atoms with Gasteiger partial charge in [-0.1, -0.05) is 31.0 Å². The zero-order chi connectivity index (χ0) is 10.0.